The minimum Gasteiger partial charge on any atom is -0.392 e. The van der Waals surface area contributed by atoms with Gasteiger partial charge in [0.2, 0.25) is 0 Å². The van der Waals surface area contributed by atoms with E-state index >= 15 is 0 Å². The Hall–Kier alpha value is -1.86. The maximum atomic E-state index is 11.3. The lowest BCUT2D eigenvalue weighted by atomic mass is 9.90. The van der Waals surface area contributed by atoms with E-state index in [9.17, 15) is 10.2 Å². The molecule has 3 fully saturated rings. The van der Waals surface area contributed by atoms with Crippen LogP contribution >= 0.6 is 0 Å². The van der Waals surface area contributed by atoms with Gasteiger partial charge in [-0.05, 0) is 73.5 Å². The number of methoxy groups -OCH3 is 8. The molecule has 2 aliphatic heterocycles. The van der Waals surface area contributed by atoms with Crippen LogP contribution in [0.4, 0.5) is 0 Å². The fourth-order valence-electron chi connectivity index (χ4n) is 10.5. The van der Waals surface area contributed by atoms with E-state index in [1.807, 2.05) is 57.2 Å². The van der Waals surface area contributed by atoms with Crippen LogP contribution < -0.4 is 0 Å². The molecule has 21 atom stereocenters. The van der Waals surface area contributed by atoms with E-state index in [1.165, 1.54) is 0 Å². The van der Waals surface area contributed by atoms with E-state index in [4.69, 9.17) is 56.8 Å². The highest BCUT2D eigenvalue weighted by Gasteiger charge is 2.51. The first-order valence-electron chi connectivity index (χ1n) is 24.2. The summed E-state index contributed by atoms with van der Waals surface area (Å²) in [5.41, 5.74) is 2.86. The Bertz CT molecular complexity index is 1570. The number of rotatable bonds is 29. The normalized spacial score (nSPS) is 35.6. The summed E-state index contributed by atoms with van der Waals surface area (Å²) >= 11 is 0. The van der Waals surface area contributed by atoms with E-state index < -0.39 is 73.6 Å². The number of hydrogen-bond acceptors (Lipinski definition) is 14. The number of allylic oxidation sites excluding steroid dienone is 5. The molecule has 1 saturated carbocycles. The maximum Gasteiger partial charge on any atom is 0.187 e. The van der Waals surface area contributed by atoms with Crippen molar-refractivity contribution in [2.24, 2.45) is 41.4 Å². The van der Waals surface area contributed by atoms with Gasteiger partial charge in [0, 0.05) is 74.6 Å². The number of aliphatic hydroxyl groups is 2. The van der Waals surface area contributed by atoms with Crippen LogP contribution in [-0.4, -0.2) is 166 Å². The van der Waals surface area contributed by atoms with E-state index in [0.29, 0.717) is 17.8 Å². The maximum absolute atomic E-state index is 11.3. The molecule has 380 valence electrons. The molecule has 66 heavy (non-hydrogen) atoms. The van der Waals surface area contributed by atoms with E-state index in [0.717, 1.165) is 36.0 Å². The lowest BCUT2D eigenvalue weighted by Gasteiger charge is -2.46. The summed E-state index contributed by atoms with van der Waals surface area (Å²) in [5.74, 6) is 1.57. The Morgan fingerprint density at radius 2 is 1.09 bits per heavy atom. The molecular formula is C52H88O14. The first-order valence-corrected chi connectivity index (χ1v) is 24.2. The van der Waals surface area contributed by atoms with Crippen LogP contribution in [0.3, 0.4) is 0 Å². The molecular weight excluding hydrogens is 849 g/mol. The van der Waals surface area contributed by atoms with Crippen LogP contribution in [0.2, 0.25) is 0 Å². The fraction of sp³-hybridized carbons (Fsp3) is 0.808. The molecule has 2 aliphatic carbocycles. The van der Waals surface area contributed by atoms with Gasteiger partial charge in [0.05, 0.1) is 37.6 Å². The van der Waals surface area contributed by atoms with Crippen molar-refractivity contribution in [2.45, 2.75) is 160 Å². The third kappa shape index (κ3) is 13.9. The summed E-state index contributed by atoms with van der Waals surface area (Å²) < 4.78 is 72.9. The second kappa shape index (κ2) is 27.5. The van der Waals surface area contributed by atoms with Gasteiger partial charge in [-0.15, -0.1) is 0 Å². The molecule has 0 bridgehead atoms. The molecule has 2 heterocycles. The Labute approximate surface area is 397 Å². The summed E-state index contributed by atoms with van der Waals surface area (Å²) in [6.07, 6.45) is 10.5. The van der Waals surface area contributed by atoms with Crippen molar-refractivity contribution in [3.63, 3.8) is 0 Å². The third-order valence-corrected chi connectivity index (χ3v) is 14.9. The highest BCUT2D eigenvalue weighted by atomic mass is 16.7. The quantitative estimate of drug-likeness (QED) is 0.0456. The van der Waals surface area contributed by atoms with E-state index in [-0.39, 0.29) is 49.1 Å². The standard InChI is InChI=1S/C52H88O14/c1-17-39(55-9)33(7)35-27-37(35)41(53)29(3)21-19-23-31(5)43-45(57-11)46(58-12)50(61-15)52(66-43)64-26-25-63-48-44(65-51(62-16)49(60-14)47(48)59-13)32(6)24-20-22-30(4)42(54)38-28-36(38)34(8)40(18-2)56-10/h19-24,27,29-30,33-36,38-54H,17-18,25-26,28H2,1-16H3/b21-19+,22-20+,31-23+,32-24+/t29-,30-,33-,34-,35-,36-,38+,39-,40-,41+,42+,43-,44-,45+,46-,47-,48+,49-,50+,51-,52+/m0/s1. The van der Waals surface area contributed by atoms with Crippen LogP contribution in [0.5, 0.6) is 0 Å². The van der Waals surface area contributed by atoms with Crippen LogP contribution in [0, 0.1) is 41.4 Å². The lowest BCUT2D eigenvalue weighted by molar-refractivity contribution is -0.311. The summed E-state index contributed by atoms with van der Waals surface area (Å²) in [7, 11) is 13.2. The second-order valence-electron chi connectivity index (χ2n) is 18.9. The lowest BCUT2D eigenvalue weighted by Crippen LogP contribution is -2.61. The summed E-state index contributed by atoms with van der Waals surface area (Å²) in [4.78, 5) is 0. The van der Waals surface area contributed by atoms with Crippen LogP contribution in [0.1, 0.15) is 74.7 Å². The van der Waals surface area contributed by atoms with Crippen LogP contribution in [0.25, 0.3) is 0 Å². The van der Waals surface area contributed by atoms with Gasteiger partial charge in [-0.25, -0.2) is 0 Å². The zero-order valence-corrected chi connectivity index (χ0v) is 43.0. The molecule has 0 amide bonds. The summed E-state index contributed by atoms with van der Waals surface area (Å²) in [5, 5.41) is 22.4. The second-order valence-corrected chi connectivity index (χ2v) is 18.9. The summed E-state index contributed by atoms with van der Waals surface area (Å²) in [6, 6.07) is 0. The fourth-order valence-corrected chi connectivity index (χ4v) is 10.5. The predicted molar refractivity (Wildman–Crippen MR) is 254 cm³/mol. The summed E-state index contributed by atoms with van der Waals surface area (Å²) in [6.45, 7) is 17.0. The molecule has 2 N–H and O–H groups in total. The third-order valence-electron chi connectivity index (χ3n) is 14.9. The van der Waals surface area contributed by atoms with Gasteiger partial charge in [-0.2, -0.15) is 0 Å². The van der Waals surface area contributed by atoms with Gasteiger partial charge in [0.15, 0.2) is 12.6 Å². The Balaban J connectivity index is 1.42. The van der Waals surface area contributed by atoms with E-state index in [2.05, 4.69) is 40.7 Å². The Morgan fingerprint density at radius 1 is 0.606 bits per heavy atom. The minimum atomic E-state index is -0.819. The highest BCUT2D eigenvalue weighted by Crippen LogP contribution is 2.50. The van der Waals surface area contributed by atoms with Crippen LogP contribution in [-0.2, 0) is 56.8 Å². The first kappa shape index (κ1) is 56.7. The molecule has 0 spiro atoms. The molecule has 2 saturated heterocycles. The van der Waals surface area contributed by atoms with E-state index in [1.54, 1.807) is 56.9 Å². The molecule has 0 unspecified atom stereocenters. The monoisotopic (exact) mass is 937 g/mol. The van der Waals surface area contributed by atoms with Crippen molar-refractivity contribution in [1.82, 2.24) is 0 Å². The van der Waals surface area contributed by atoms with Gasteiger partial charge in [-0.3, -0.25) is 0 Å². The van der Waals surface area contributed by atoms with Gasteiger partial charge in [0.25, 0.3) is 0 Å². The molecule has 0 aromatic rings. The highest BCUT2D eigenvalue weighted by molar-refractivity contribution is 5.35. The molecule has 0 radical (unpaired) electrons. The number of hydrogen-bond donors (Lipinski definition) is 2. The Morgan fingerprint density at radius 3 is 1.62 bits per heavy atom. The van der Waals surface area contributed by atoms with Crippen molar-refractivity contribution in [1.29, 1.82) is 0 Å². The molecule has 14 heteroatoms. The molecule has 4 aliphatic rings. The average Bonchev–Trinajstić information content (AvgIpc) is 4.27. The largest absolute Gasteiger partial charge is 0.392 e. The SMILES string of the molecule is CC[C@H](OC)[C@@H](C)[C@@H]1C=C1[C@H](O)[C@@H](C)/C=C/C=C(\C)[C@@H]1O[C@@H](OCCO[C@H]2[C@H](OC)[C@H](OC)[C@@H](OC)O[C@H]2/C(C)=C/C=C/[C@H](C)[C@@H](O)[C@@H]2C[C@H]2[C@H](C)[C@H](CC)OC)[C@H](OC)[C@@H](OC)[C@@H]1OC. The van der Waals surface area contributed by atoms with Gasteiger partial charge in [0.1, 0.15) is 48.8 Å². The van der Waals surface area contributed by atoms with Crippen LogP contribution in [0.15, 0.2) is 59.3 Å². The van der Waals surface area contributed by atoms with Crippen molar-refractivity contribution < 1.29 is 67.1 Å². The van der Waals surface area contributed by atoms with Gasteiger partial charge < -0.3 is 67.1 Å². The smallest absolute Gasteiger partial charge is 0.187 e. The topological polar surface area (TPSA) is 151 Å². The average molecular weight is 937 g/mol. The molecule has 4 rings (SSSR count). The van der Waals surface area contributed by atoms with Crippen molar-refractivity contribution in [2.75, 3.05) is 70.1 Å². The molecule has 0 aromatic carbocycles. The van der Waals surface area contributed by atoms with Crippen molar-refractivity contribution >= 4 is 0 Å². The van der Waals surface area contributed by atoms with Crippen molar-refractivity contribution in [3.05, 3.63) is 59.3 Å². The minimum absolute atomic E-state index is 0.0394. The number of aliphatic hydroxyl groups excluding tert-OH is 2. The molecule has 14 nitrogen and oxygen atoms in total. The zero-order chi connectivity index (χ0) is 48.8. The van der Waals surface area contributed by atoms with Gasteiger partial charge in [-0.1, -0.05) is 84.1 Å². The zero-order valence-electron chi connectivity index (χ0n) is 43.0. The molecule has 0 aromatic heterocycles. The van der Waals surface area contributed by atoms with Crippen molar-refractivity contribution in [3.8, 4) is 0 Å². The first-order chi connectivity index (χ1) is 31.7. The number of ether oxygens (including phenoxy) is 12. The Kier molecular flexibility index (Phi) is 23.6. The van der Waals surface area contributed by atoms with Gasteiger partial charge >= 0.3 is 0 Å². The predicted octanol–water partition coefficient (Wildman–Crippen LogP) is 6.87.